The Bertz CT molecular complexity index is 505. The fourth-order valence-electron chi connectivity index (χ4n) is 2.11. The van der Waals surface area contributed by atoms with Gasteiger partial charge in [0, 0.05) is 19.1 Å². The molecule has 1 fully saturated rings. The molecule has 0 aromatic heterocycles. The van der Waals surface area contributed by atoms with Crippen molar-refractivity contribution in [2.24, 2.45) is 5.73 Å². The SMILES string of the molecule is Cc1cccc(CS(=O)(=O)N2CC[C@@H](N)C2)c1.Cl. The molecule has 1 heterocycles. The van der Waals surface area contributed by atoms with E-state index in [1.54, 1.807) is 0 Å². The lowest BCUT2D eigenvalue weighted by Gasteiger charge is -2.16. The molecule has 1 atom stereocenters. The Morgan fingerprint density at radius 2 is 2.17 bits per heavy atom. The number of rotatable bonds is 3. The first-order chi connectivity index (χ1) is 7.97. The molecule has 1 aromatic carbocycles. The highest BCUT2D eigenvalue weighted by atomic mass is 35.5. The van der Waals surface area contributed by atoms with Gasteiger partial charge in [0.05, 0.1) is 5.75 Å². The van der Waals surface area contributed by atoms with Crippen LogP contribution in [0, 0.1) is 6.92 Å². The van der Waals surface area contributed by atoms with Crippen LogP contribution in [0.5, 0.6) is 0 Å². The first-order valence-corrected chi connectivity index (χ1v) is 7.37. The van der Waals surface area contributed by atoms with Crippen LogP contribution < -0.4 is 5.73 Å². The average Bonchev–Trinajstić information content (AvgIpc) is 2.65. The van der Waals surface area contributed by atoms with Gasteiger partial charge in [0.25, 0.3) is 0 Å². The number of aryl methyl sites for hydroxylation is 1. The number of nitrogens with two attached hydrogens (primary N) is 1. The molecule has 6 heteroatoms. The molecule has 102 valence electrons. The molecule has 1 aromatic rings. The monoisotopic (exact) mass is 290 g/mol. The predicted molar refractivity (Wildman–Crippen MR) is 75.2 cm³/mol. The Hall–Kier alpha value is -0.620. The first-order valence-electron chi connectivity index (χ1n) is 5.76. The van der Waals surface area contributed by atoms with Crippen molar-refractivity contribution in [3.63, 3.8) is 0 Å². The molecule has 0 radical (unpaired) electrons. The summed E-state index contributed by atoms with van der Waals surface area (Å²) in [6.45, 7) is 2.96. The maximum atomic E-state index is 12.1. The smallest absolute Gasteiger partial charge is 0.218 e. The molecule has 1 aliphatic heterocycles. The fraction of sp³-hybridized carbons (Fsp3) is 0.500. The maximum Gasteiger partial charge on any atom is 0.218 e. The van der Waals surface area contributed by atoms with Crippen LogP contribution in [0.15, 0.2) is 24.3 Å². The van der Waals surface area contributed by atoms with Crippen LogP contribution in [-0.4, -0.2) is 31.9 Å². The van der Waals surface area contributed by atoms with E-state index in [1.165, 1.54) is 4.31 Å². The molecule has 1 saturated heterocycles. The highest BCUT2D eigenvalue weighted by Crippen LogP contribution is 2.17. The summed E-state index contributed by atoms with van der Waals surface area (Å²) in [6, 6.07) is 7.59. The molecular formula is C12H19ClN2O2S. The maximum absolute atomic E-state index is 12.1. The molecule has 2 N–H and O–H groups in total. The van der Waals surface area contributed by atoms with E-state index in [-0.39, 0.29) is 24.2 Å². The Morgan fingerprint density at radius 1 is 1.44 bits per heavy atom. The van der Waals surface area contributed by atoms with Crippen LogP contribution in [0.3, 0.4) is 0 Å². The summed E-state index contributed by atoms with van der Waals surface area (Å²) in [5.41, 5.74) is 7.65. The lowest BCUT2D eigenvalue weighted by molar-refractivity contribution is 0.471. The minimum absolute atomic E-state index is 0. The van der Waals surface area contributed by atoms with Gasteiger partial charge in [0.15, 0.2) is 0 Å². The van der Waals surface area contributed by atoms with E-state index < -0.39 is 10.0 Å². The molecule has 0 unspecified atom stereocenters. The topological polar surface area (TPSA) is 63.4 Å². The molecule has 0 saturated carbocycles. The Kier molecular flexibility index (Phi) is 5.16. The van der Waals surface area contributed by atoms with Gasteiger partial charge in [-0.05, 0) is 18.9 Å². The average molecular weight is 291 g/mol. The van der Waals surface area contributed by atoms with Crippen molar-refractivity contribution in [1.82, 2.24) is 4.31 Å². The molecule has 0 aliphatic carbocycles. The van der Waals surface area contributed by atoms with Crippen molar-refractivity contribution >= 4 is 22.4 Å². The zero-order valence-corrected chi connectivity index (χ0v) is 12.0. The summed E-state index contributed by atoms with van der Waals surface area (Å²) in [6.07, 6.45) is 0.757. The van der Waals surface area contributed by atoms with Gasteiger partial charge in [-0.25, -0.2) is 12.7 Å². The zero-order chi connectivity index (χ0) is 12.5. The van der Waals surface area contributed by atoms with E-state index in [1.807, 2.05) is 31.2 Å². The summed E-state index contributed by atoms with van der Waals surface area (Å²) in [5, 5.41) is 0. The van der Waals surface area contributed by atoms with Crippen LogP contribution in [0.2, 0.25) is 0 Å². The molecule has 18 heavy (non-hydrogen) atoms. The Morgan fingerprint density at radius 3 is 2.72 bits per heavy atom. The Labute approximate surface area is 115 Å². The van der Waals surface area contributed by atoms with E-state index >= 15 is 0 Å². The number of halogens is 1. The molecule has 0 spiro atoms. The number of nitrogens with zero attached hydrogens (tertiary/aromatic N) is 1. The van der Waals surface area contributed by atoms with Crippen LogP contribution in [0.1, 0.15) is 17.5 Å². The minimum Gasteiger partial charge on any atom is -0.326 e. The van der Waals surface area contributed by atoms with Gasteiger partial charge in [-0.3, -0.25) is 0 Å². The largest absolute Gasteiger partial charge is 0.326 e. The summed E-state index contributed by atoms with van der Waals surface area (Å²) < 4.78 is 25.8. The summed E-state index contributed by atoms with van der Waals surface area (Å²) in [7, 11) is -3.21. The normalized spacial score (nSPS) is 20.7. The lowest BCUT2D eigenvalue weighted by atomic mass is 10.2. The van der Waals surface area contributed by atoms with Gasteiger partial charge in [0.2, 0.25) is 10.0 Å². The van der Waals surface area contributed by atoms with Crippen molar-refractivity contribution in [2.45, 2.75) is 25.1 Å². The molecule has 0 bridgehead atoms. The van der Waals surface area contributed by atoms with E-state index in [0.29, 0.717) is 13.1 Å². The highest BCUT2D eigenvalue weighted by molar-refractivity contribution is 7.88. The second kappa shape index (κ2) is 6.02. The van der Waals surface area contributed by atoms with Crippen molar-refractivity contribution in [3.05, 3.63) is 35.4 Å². The standard InChI is InChI=1S/C12H18N2O2S.ClH/c1-10-3-2-4-11(7-10)9-17(15,16)14-6-5-12(13)8-14;/h2-4,7,12H,5-6,8-9,13H2,1H3;1H/t12-;/m1./s1. The first kappa shape index (κ1) is 15.4. The van der Waals surface area contributed by atoms with Crippen molar-refractivity contribution < 1.29 is 8.42 Å². The van der Waals surface area contributed by atoms with Crippen molar-refractivity contribution in [2.75, 3.05) is 13.1 Å². The van der Waals surface area contributed by atoms with Gasteiger partial charge in [-0.2, -0.15) is 0 Å². The van der Waals surface area contributed by atoms with Gasteiger partial charge >= 0.3 is 0 Å². The van der Waals surface area contributed by atoms with E-state index in [9.17, 15) is 8.42 Å². The summed E-state index contributed by atoms with van der Waals surface area (Å²) >= 11 is 0. The van der Waals surface area contributed by atoms with E-state index in [4.69, 9.17) is 5.73 Å². The number of benzene rings is 1. The van der Waals surface area contributed by atoms with Crippen molar-refractivity contribution in [3.8, 4) is 0 Å². The fourth-order valence-corrected chi connectivity index (χ4v) is 3.70. The van der Waals surface area contributed by atoms with Gasteiger partial charge in [-0.1, -0.05) is 29.8 Å². The van der Waals surface area contributed by atoms with Crippen LogP contribution in [-0.2, 0) is 15.8 Å². The highest BCUT2D eigenvalue weighted by Gasteiger charge is 2.29. The second-order valence-corrected chi connectivity index (χ2v) is 6.62. The van der Waals surface area contributed by atoms with Gasteiger partial charge < -0.3 is 5.73 Å². The number of sulfonamides is 1. The van der Waals surface area contributed by atoms with Crippen LogP contribution >= 0.6 is 12.4 Å². The molecule has 4 nitrogen and oxygen atoms in total. The van der Waals surface area contributed by atoms with Gasteiger partial charge in [-0.15, -0.1) is 12.4 Å². The number of hydrogen-bond donors (Lipinski definition) is 1. The van der Waals surface area contributed by atoms with E-state index in [0.717, 1.165) is 17.5 Å². The van der Waals surface area contributed by atoms with Crippen LogP contribution in [0.25, 0.3) is 0 Å². The minimum atomic E-state index is -3.21. The second-order valence-electron chi connectivity index (χ2n) is 4.65. The summed E-state index contributed by atoms with van der Waals surface area (Å²) in [5.74, 6) is 0.0708. The molecule has 1 aliphatic rings. The number of hydrogen-bond acceptors (Lipinski definition) is 3. The third-order valence-corrected chi connectivity index (χ3v) is 4.83. The third kappa shape index (κ3) is 3.68. The van der Waals surface area contributed by atoms with E-state index in [2.05, 4.69) is 0 Å². The summed E-state index contributed by atoms with van der Waals surface area (Å²) in [4.78, 5) is 0. The molecule has 0 amide bonds. The van der Waals surface area contributed by atoms with Crippen LogP contribution in [0.4, 0.5) is 0 Å². The lowest BCUT2D eigenvalue weighted by Crippen LogP contribution is -2.32. The Balaban J connectivity index is 0.00000162. The molecule has 2 rings (SSSR count). The third-order valence-electron chi connectivity index (χ3n) is 3.01. The predicted octanol–water partition coefficient (Wildman–Crippen LogP) is 1.28. The van der Waals surface area contributed by atoms with Gasteiger partial charge in [0.1, 0.15) is 0 Å². The zero-order valence-electron chi connectivity index (χ0n) is 10.4. The quantitative estimate of drug-likeness (QED) is 0.912. The molecular weight excluding hydrogens is 272 g/mol. The van der Waals surface area contributed by atoms with Crippen molar-refractivity contribution in [1.29, 1.82) is 0 Å².